The molecule has 0 amide bonds. The van der Waals surface area contributed by atoms with E-state index in [2.05, 4.69) is 13.8 Å². The van der Waals surface area contributed by atoms with Gasteiger partial charge in [-0.1, -0.05) is 41.0 Å². The van der Waals surface area contributed by atoms with E-state index in [1.807, 2.05) is 0 Å². The van der Waals surface area contributed by atoms with Crippen molar-refractivity contribution in [2.75, 3.05) is 0 Å². The van der Waals surface area contributed by atoms with E-state index in [0.717, 1.165) is 6.42 Å². The van der Waals surface area contributed by atoms with Crippen molar-refractivity contribution in [3.63, 3.8) is 0 Å². The normalized spacial score (nSPS) is 6.00. The summed E-state index contributed by atoms with van der Waals surface area (Å²) in [4.78, 5) is 0. The van der Waals surface area contributed by atoms with Gasteiger partial charge in [0.25, 0.3) is 0 Å². The maximum atomic E-state index is 3.72. The van der Waals surface area contributed by atoms with Crippen molar-refractivity contribution in [3.05, 3.63) is 6.92 Å². The van der Waals surface area contributed by atoms with E-state index in [9.17, 15) is 0 Å². The molecule has 0 saturated heterocycles. The summed E-state index contributed by atoms with van der Waals surface area (Å²) in [6.45, 7) is 5.93. The third-order valence-electron chi connectivity index (χ3n) is 0.854. The Kier molecular flexibility index (Phi) is 57.3. The van der Waals surface area contributed by atoms with Gasteiger partial charge in [0.05, 0.1) is 0 Å². The van der Waals surface area contributed by atoms with Crippen LogP contribution in [0, 0.1) is 6.92 Å². The molecule has 0 aliphatic heterocycles. The van der Waals surface area contributed by atoms with Gasteiger partial charge in [-0.2, -0.15) is 6.42 Å². The first kappa shape index (κ1) is 22.5. The van der Waals surface area contributed by atoms with Gasteiger partial charge >= 0.3 is 0 Å². The van der Waals surface area contributed by atoms with Crippen LogP contribution in [0.2, 0.25) is 0 Å². The molecule has 0 atom stereocenters. The first-order chi connectivity index (χ1) is 2.91. The zero-order valence-electron chi connectivity index (χ0n) is 5.11. The standard InChI is InChI=1S/C6H13.2CH4.Y/c1-3-5-6-4-2;;;/h1,3-6H2,2H3;2*1H4;/q-1;;;. The second kappa shape index (κ2) is 23.0. The van der Waals surface area contributed by atoms with Crippen molar-refractivity contribution in [2.24, 2.45) is 0 Å². The minimum absolute atomic E-state index is 0. The van der Waals surface area contributed by atoms with E-state index >= 15 is 0 Å². The summed E-state index contributed by atoms with van der Waals surface area (Å²) in [7, 11) is 0. The molecule has 0 heterocycles. The van der Waals surface area contributed by atoms with E-state index < -0.39 is 0 Å². The molecule has 0 bridgehead atoms. The molecule has 0 aliphatic carbocycles. The summed E-state index contributed by atoms with van der Waals surface area (Å²) in [5.41, 5.74) is 0. The van der Waals surface area contributed by atoms with Crippen LogP contribution in [-0.4, -0.2) is 0 Å². The Morgan fingerprint density at radius 1 is 1.11 bits per heavy atom. The Morgan fingerprint density at radius 3 is 1.67 bits per heavy atom. The molecule has 0 fully saturated rings. The van der Waals surface area contributed by atoms with Crippen molar-refractivity contribution >= 4 is 0 Å². The van der Waals surface area contributed by atoms with Crippen LogP contribution in [0.3, 0.4) is 0 Å². The molecule has 0 aromatic heterocycles. The molecule has 0 spiro atoms. The Hall–Kier alpha value is 1.10. The van der Waals surface area contributed by atoms with E-state index in [4.69, 9.17) is 0 Å². The minimum Gasteiger partial charge on any atom is -0.343 e. The molecule has 0 N–H and O–H groups in total. The van der Waals surface area contributed by atoms with Gasteiger partial charge in [-0.15, -0.1) is 0 Å². The van der Waals surface area contributed by atoms with Crippen LogP contribution in [0.15, 0.2) is 0 Å². The number of unbranched alkanes of at least 4 members (excludes halogenated alkanes) is 3. The van der Waals surface area contributed by atoms with E-state index in [1.165, 1.54) is 19.3 Å². The molecule has 0 aromatic rings. The first-order valence-corrected chi connectivity index (χ1v) is 2.71. The average Bonchev–Trinajstić information content (AvgIpc) is 1.61. The fourth-order valence-electron chi connectivity index (χ4n) is 0.427. The summed E-state index contributed by atoms with van der Waals surface area (Å²) in [6, 6.07) is 0. The Bertz CT molecular complexity index is 16.5. The van der Waals surface area contributed by atoms with Crippen molar-refractivity contribution < 1.29 is 32.7 Å². The fourth-order valence-corrected chi connectivity index (χ4v) is 0.427. The summed E-state index contributed by atoms with van der Waals surface area (Å²) < 4.78 is 0. The zero-order chi connectivity index (χ0) is 4.83. The Balaban J connectivity index is -0.0000000417. The Morgan fingerprint density at radius 2 is 1.56 bits per heavy atom. The smallest absolute Gasteiger partial charge is 0 e. The summed E-state index contributed by atoms with van der Waals surface area (Å²) >= 11 is 0. The van der Waals surface area contributed by atoms with Crippen LogP contribution in [0.5, 0.6) is 0 Å². The van der Waals surface area contributed by atoms with Gasteiger partial charge in [0.2, 0.25) is 0 Å². The van der Waals surface area contributed by atoms with Gasteiger partial charge < -0.3 is 6.92 Å². The average molecular weight is 206 g/mol. The molecular weight excluding hydrogens is 185 g/mol. The van der Waals surface area contributed by atoms with Gasteiger partial charge in [-0.05, 0) is 0 Å². The van der Waals surface area contributed by atoms with E-state index in [0.29, 0.717) is 0 Å². The molecule has 1 radical (unpaired) electrons. The number of hydrogen-bond donors (Lipinski definition) is 0. The van der Waals surface area contributed by atoms with Crippen LogP contribution in [0.25, 0.3) is 0 Å². The monoisotopic (exact) mass is 206 g/mol. The largest absolute Gasteiger partial charge is 0.343 e. The molecule has 0 aliphatic rings. The van der Waals surface area contributed by atoms with Crippen LogP contribution < -0.4 is 0 Å². The van der Waals surface area contributed by atoms with Crippen LogP contribution in [-0.2, 0) is 32.7 Å². The fraction of sp³-hybridized carbons (Fsp3) is 0.875. The molecule has 0 saturated carbocycles. The van der Waals surface area contributed by atoms with E-state index in [1.54, 1.807) is 0 Å². The summed E-state index contributed by atoms with van der Waals surface area (Å²) in [5.74, 6) is 0. The third kappa shape index (κ3) is 27.3. The quantitative estimate of drug-likeness (QED) is 0.488. The van der Waals surface area contributed by atoms with Gasteiger partial charge in [0.15, 0.2) is 0 Å². The van der Waals surface area contributed by atoms with E-state index in [-0.39, 0.29) is 47.6 Å². The molecule has 0 rings (SSSR count). The van der Waals surface area contributed by atoms with Gasteiger partial charge in [0.1, 0.15) is 0 Å². The zero-order valence-corrected chi connectivity index (χ0v) is 7.95. The molecule has 9 heavy (non-hydrogen) atoms. The van der Waals surface area contributed by atoms with Crippen molar-refractivity contribution in [1.82, 2.24) is 0 Å². The predicted molar refractivity (Wildman–Crippen MR) is 43.0 cm³/mol. The van der Waals surface area contributed by atoms with Gasteiger partial charge in [-0.25, -0.2) is 0 Å². The summed E-state index contributed by atoms with van der Waals surface area (Å²) in [6.07, 6.45) is 5.07. The molecule has 0 nitrogen and oxygen atoms in total. The van der Waals surface area contributed by atoms with Gasteiger partial charge in [-0.3, -0.25) is 0 Å². The molecule has 0 unspecified atom stereocenters. The molecule has 0 aromatic carbocycles. The number of rotatable bonds is 3. The van der Waals surface area contributed by atoms with Crippen LogP contribution >= 0.6 is 0 Å². The Labute approximate surface area is 86.7 Å². The number of hydrogen-bond acceptors (Lipinski definition) is 0. The maximum Gasteiger partial charge on any atom is 0 e. The molecule has 1 heteroatoms. The molecule has 57 valence electrons. The van der Waals surface area contributed by atoms with Crippen LogP contribution in [0.1, 0.15) is 47.5 Å². The van der Waals surface area contributed by atoms with Crippen molar-refractivity contribution in [2.45, 2.75) is 47.5 Å². The summed E-state index contributed by atoms with van der Waals surface area (Å²) in [5, 5.41) is 0. The first-order valence-electron chi connectivity index (χ1n) is 2.71. The predicted octanol–water partition coefficient (Wildman–Crippen LogP) is 3.67. The van der Waals surface area contributed by atoms with Crippen molar-refractivity contribution in [3.8, 4) is 0 Å². The second-order valence-corrected chi connectivity index (χ2v) is 1.56. The topological polar surface area (TPSA) is 0 Å². The molecular formula is C8H21Y-. The van der Waals surface area contributed by atoms with Crippen LogP contribution in [0.4, 0.5) is 0 Å². The second-order valence-electron chi connectivity index (χ2n) is 1.56. The minimum atomic E-state index is 0. The third-order valence-corrected chi connectivity index (χ3v) is 0.854. The van der Waals surface area contributed by atoms with Gasteiger partial charge in [0, 0.05) is 32.7 Å². The van der Waals surface area contributed by atoms with Crippen molar-refractivity contribution in [1.29, 1.82) is 0 Å². The SMILES string of the molecule is C.C.[CH2-]CCCCC.[Y]. The maximum absolute atomic E-state index is 3.72.